The minimum atomic E-state index is 0.102. The quantitative estimate of drug-likeness (QED) is 0.810. The number of benzene rings is 1. The van der Waals surface area contributed by atoms with E-state index in [-0.39, 0.29) is 11.8 Å². The number of hydrogen-bond acceptors (Lipinski definition) is 1. The Morgan fingerprint density at radius 1 is 1.31 bits per heavy atom. The minimum absolute atomic E-state index is 0.102. The highest BCUT2D eigenvalue weighted by Crippen LogP contribution is 2.19. The Hall–Kier alpha value is -1.31. The zero-order chi connectivity index (χ0) is 12.0. The predicted molar refractivity (Wildman–Crippen MR) is 67.5 cm³/mol. The van der Waals surface area contributed by atoms with Crippen LogP contribution in [0.5, 0.6) is 0 Å². The van der Waals surface area contributed by atoms with Crippen LogP contribution in [-0.2, 0) is 11.2 Å². The Balaban J connectivity index is 2.62. The van der Waals surface area contributed by atoms with Crippen molar-refractivity contribution >= 4 is 5.91 Å². The number of nitrogens with one attached hydrogen (secondary N) is 1. The molecule has 2 nitrogen and oxygen atoms in total. The first kappa shape index (κ1) is 12.8. The second-order valence-electron chi connectivity index (χ2n) is 4.27. The molecule has 1 unspecified atom stereocenters. The van der Waals surface area contributed by atoms with E-state index >= 15 is 0 Å². The van der Waals surface area contributed by atoms with Crippen molar-refractivity contribution in [3.63, 3.8) is 0 Å². The summed E-state index contributed by atoms with van der Waals surface area (Å²) in [7, 11) is 1.68. The maximum atomic E-state index is 11.3. The Bertz CT molecular complexity index is 329. The van der Waals surface area contributed by atoms with Crippen molar-refractivity contribution in [1.29, 1.82) is 0 Å². The molecule has 0 saturated heterocycles. The number of carbonyl (C=O) groups excluding carboxylic acids is 1. The number of carbonyl (C=O) groups is 1. The molecule has 0 aliphatic carbocycles. The molecule has 1 rings (SSSR count). The maximum Gasteiger partial charge on any atom is 0.220 e. The van der Waals surface area contributed by atoms with Gasteiger partial charge in [0.2, 0.25) is 5.91 Å². The molecule has 1 N–H and O–H groups in total. The fraction of sp³-hybridized carbons (Fsp3) is 0.500. The summed E-state index contributed by atoms with van der Waals surface area (Å²) in [5.41, 5.74) is 2.61. The van der Waals surface area contributed by atoms with Crippen molar-refractivity contribution in [2.24, 2.45) is 0 Å². The van der Waals surface area contributed by atoms with Gasteiger partial charge in [-0.1, -0.05) is 44.5 Å². The van der Waals surface area contributed by atoms with Crippen LogP contribution in [0.4, 0.5) is 0 Å². The molecule has 0 spiro atoms. The van der Waals surface area contributed by atoms with Gasteiger partial charge in [0.25, 0.3) is 0 Å². The van der Waals surface area contributed by atoms with Gasteiger partial charge in [0.15, 0.2) is 0 Å². The molecule has 1 atom stereocenters. The molecule has 0 heterocycles. The van der Waals surface area contributed by atoms with E-state index < -0.39 is 0 Å². The normalized spacial score (nSPS) is 12.2. The SMILES string of the molecule is CCCc1ccc(C(C)CC(=O)NC)cc1. The van der Waals surface area contributed by atoms with Crippen LogP contribution < -0.4 is 5.32 Å². The standard InChI is InChI=1S/C14H21NO/c1-4-5-12-6-8-13(9-7-12)11(2)10-14(16)15-3/h6-9,11H,4-5,10H2,1-3H3,(H,15,16). The molecular formula is C14H21NO. The lowest BCUT2D eigenvalue weighted by Gasteiger charge is -2.11. The lowest BCUT2D eigenvalue weighted by Crippen LogP contribution is -2.19. The van der Waals surface area contributed by atoms with Crippen LogP contribution in [0.2, 0.25) is 0 Å². The van der Waals surface area contributed by atoms with Gasteiger partial charge in [-0.15, -0.1) is 0 Å². The molecule has 88 valence electrons. The summed E-state index contributed by atoms with van der Waals surface area (Å²) >= 11 is 0. The van der Waals surface area contributed by atoms with Crippen molar-refractivity contribution in [2.75, 3.05) is 7.05 Å². The van der Waals surface area contributed by atoms with Gasteiger partial charge in [0, 0.05) is 13.5 Å². The molecule has 0 aliphatic heterocycles. The van der Waals surface area contributed by atoms with Crippen LogP contribution in [0, 0.1) is 0 Å². The Morgan fingerprint density at radius 2 is 1.94 bits per heavy atom. The van der Waals surface area contributed by atoms with Crippen LogP contribution in [-0.4, -0.2) is 13.0 Å². The molecule has 1 amide bonds. The van der Waals surface area contributed by atoms with Gasteiger partial charge in [0.1, 0.15) is 0 Å². The van der Waals surface area contributed by atoms with Gasteiger partial charge < -0.3 is 5.32 Å². The van der Waals surface area contributed by atoms with Crippen LogP contribution in [0.25, 0.3) is 0 Å². The average Bonchev–Trinajstić information content (AvgIpc) is 2.30. The Kier molecular flexibility index (Phi) is 5.03. The molecular weight excluding hydrogens is 198 g/mol. The third kappa shape index (κ3) is 3.69. The second-order valence-corrected chi connectivity index (χ2v) is 4.27. The summed E-state index contributed by atoms with van der Waals surface area (Å²) in [6.45, 7) is 4.27. The molecule has 1 aromatic rings. The number of hydrogen-bond donors (Lipinski definition) is 1. The van der Waals surface area contributed by atoms with Crippen molar-refractivity contribution < 1.29 is 4.79 Å². The summed E-state index contributed by atoms with van der Waals surface area (Å²) in [6, 6.07) is 8.61. The predicted octanol–water partition coefficient (Wildman–Crippen LogP) is 2.88. The lowest BCUT2D eigenvalue weighted by molar-refractivity contribution is -0.120. The van der Waals surface area contributed by atoms with Gasteiger partial charge in [-0.25, -0.2) is 0 Å². The molecule has 0 aliphatic rings. The van der Waals surface area contributed by atoms with E-state index in [1.807, 2.05) is 0 Å². The smallest absolute Gasteiger partial charge is 0.220 e. The molecule has 1 aromatic carbocycles. The van der Waals surface area contributed by atoms with Crippen molar-refractivity contribution in [3.8, 4) is 0 Å². The lowest BCUT2D eigenvalue weighted by atomic mass is 9.96. The van der Waals surface area contributed by atoms with Crippen LogP contribution in [0.3, 0.4) is 0 Å². The summed E-state index contributed by atoms with van der Waals surface area (Å²) in [4.78, 5) is 11.3. The van der Waals surface area contributed by atoms with E-state index in [0.717, 1.165) is 6.42 Å². The van der Waals surface area contributed by atoms with Crippen molar-refractivity contribution in [3.05, 3.63) is 35.4 Å². The van der Waals surface area contributed by atoms with E-state index in [9.17, 15) is 4.79 Å². The summed E-state index contributed by atoms with van der Waals surface area (Å²) in [6.07, 6.45) is 2.86. The van der Waals surface area contributed by atoms with Crippen LogP contribution in [0.1, 0.15) is 43.7 Å². The Labute approximate surface area is 98.1 Å². The maximum absolute atomic E-state index is 11.3. The molecule has 0 fully saturated rings. The van der Waals surface area contributed by atoms with Crippen LogP contribution in [0.15, 0.2) is 24.3 Å². The highest BCUT2D eigenvalue weighted by molar-refractivity contribution is 5.76. The molecule has 0 saturated carbocycles. The second kappa shape index (κ2) is 6.31. The monoisotopic (exact) mass is 219 g/mol. The average molecular weight is 219 g/mol. The van der Waals surface area contributed by atoms with E-state index in [4.69, 9.17) is 0 Å². The van der Waals surface area contributed by atoms with Gasteiger partial charge in [0.05, 0.1) is 0 Å². The van der Waals surface area contributed by atoms with Gasteiger partial charge in [-0.2, -0.15) is 0 Å². The highest BCUT2D eigenvalue weighted by atomic mass is 16.1. The van der Waals surface area contributed by atoms with Gasteiger partial charge in [-0.05, 0) is 23.5 Å². The number of rotatable bonds is 5. The largest absolute Gasteiger partial charge is 0.359 e. The molecule has 16 heavy (non-hydrogen) atoms. The van der Waals surface area contributed by atoms with Crippen LogP contribution >= 0.6 is 0 Å². The first-order chi connectivity index (χ1) is 7.67. The highest BCUT2D eigenvalue weighted by Gasteiger charge is 2.09. The van der Waals surface area contributed by atoms with Crippen molar-refractivity contribution in [1.82, 2.24) is 5.32 Å². The molecule has 0 radical (unpaired) electrons. The zero-order valence-corrected chi connectivity index (χ0v) is 10.4. The third-order valence-electron chi connectivity index (χ3n) is 2.86. The summed E-state index contributed by atoms with van der Waals surface area (Å²) < 4.78 is 0. The minimum Gasteiger partial charge on any atom is -0.359 e. The zero-order valence-electron chi connectivity index (χ0n) is 10.4. The number of amides is 1. The topological polar surface area (TPSA) is 29.1 Å². The van der Waals surface area contributed by atoms with Gasteiger partial charge >= 0.3 is 0 Å². The van der Waals surface area contributed by atoms with E-state index in [0.29, 0.717) is 6.42 Å². The molecule has 2 heteroatoms. The van der Waals surface area contributed by atoms with E-state index in [1.165, 1.54) is 17.5 Å². The van der Waals surface area contributed by atoms with Crippen molar-refractivity contribution in [2.45, 2.75) is 39.0 Å². The van der Waals surface area contributed by atoms with Gasteiger partial charge in [-0.3, -0.25) is 4.79 Å². The first-order valence-corrected chi connectivity index (χ1v) is 5.96. The molecule has 0 bridgehead atoms. The van der Waals surface area contributed by atoms with E-state index in [1.54, 1.807) is 7.05 Å². The fourth-order valence-corrected chi connectivity index (χ4v) is 1.80. The third-order valence-corrected chi connectivity index (χ3v) is 2.86. The van der Waals surface area contributed by atoms with E-state index in [2.05, 4.69) is 43.4 Å². The Morgan fingerprint density at radius 3 is 2.44 bits per heavy atom. The number of aryl methyl sites for hydroxylation is 1. The fourth-order valence-electron chi connectivity index (χ4n) is 1.80. The molecule has 0 aromatic heterocycles. The summed E-state index contributed by atoms with van der Waals surface area (Å²) in [5.74, 6) is 0.390. The summed E-state index contributed by atoms with van der Waals surface area (Å²) in [5, 5.41) is 2.66. The first-order valence-electron chi connectivity index (χ1n) is 5.96.